The van der Waals surface area contributed by atoms with E-state index in [-0.39, 0.29) is 18.1 Å². The summed E-state index contributed by atoms with van der Waals surface area (Å²) in [5.74, 6) is 0.0230. The highest BCUT2D eigenvalue weighted by Crippen LogP contribution is 2.31. The van der Waals surface area contributed by atoms with E-state index in [0.29, 0.717) is 6.54 Å². The van der Waals surface area contributed by atoms with E-state index in [1.807, 2.05) is 6.07 Å². The lowest BCUT2D eigenvalue weighted by Gasteiger charge is -2.34. The number of benzene rings is 2. The molecule has 0 spiro atoms. The van der Waals surface area contributed by atoms with Crippen LogP contribution < -0.4 is 5.32 Å². The molecule has 2 atom stereocenters. The molecule has 142 valence electrons. The Hall–Kier alpha value is -2.37. The largest absolute Gasteiger partial charge is 0.373 e. The first kappa shape index (κ1) is 18.0. The molecule has 1 aliphatic rings. The number of ether oxygens (including phenoxy) is 1. The lowest BCUT2D eigenvalue weighted by Crippen LogP contribution is -2.48. The molecule has 1 N–H and O–H groups in total. The number of carbonyl (C=O) groups is 1. The topological polar surface area (TPSA) is 46.5 Å². The normalized spacial score (nSPS) is 21.0. The molecule has 1 fully saturated rings. The SMILES string of the molecule is CCn1c2ccccc2c2cc(NC(=O)CN3C[C@@H](C)O[C@H](C)C3)ccc21. The highest BCUT2D eigenvalue weighted by molar-refractivity contribution is 6.09. The van der Waals surface area contributed by atoms with E-state index in [9.17, 15) is 4.79 Å². The molecule has 1 amide bonds. The van der Waals surface area contributed by atoms with Crippen molar-refractivity contribution in [3.63, 3.8) is 0 Å². The number of anilines is 1. The molecule has 4 rings (SSSR count). The van der Waals surface area contributed by atoms with Gasteiger partial charge in [0.2, 0.25) is 5.91 Å². The third-order valence-electron chi connectivity index (χ3n) is 5.23. The van der Waals surface area contributed by atoms with Gasteiger partial charge in [0.1, 0.15) is 0 Å². The van der Waals surface area contributed by atoms with Gasteiger partial charge in [-0.05, 0) is 45.0 Å². The van der Waals surface area contributed by atoms with E-state index in [2.05, 4.69) is 72.0 Å². The highest BCUT2D eigenvalue weighted by Gasteiger charge is 2.23. The van der Waals surface area contributed by atoms with Crippen LogP contribution in [0.25, 0.3) is 21.8 Å². The zero-order valence-corrected chi connectivity index (χ0v) is 16.2. The summed E-state index contributed by atoms with van der Waals surface area (Å²) in [6.07, 6.45) is 0.330. The summed E-state index contributed by atoms with van der Waals surface area (Å²) in [7, 11) is 0. The number of hydrogen-bond donors (Lipinski definition) is 1. The maximum absolute atomic E-state index is 12.6. The number of aromatic nitrogens is 1. The Kier molecular flexibility index (Phi) is 4.89. The minimum absolute atomic E-state index is 0.0230. The van der Waals surface area contributed by atoms with E-state index in [4.69, 9.17) is 4.74 Å². The number of amides is 1. The Bertz CT molecular complexity index is 968. The summed E-state index contributed by atoms with van der Waals surface area (Å²) in [5.41, 5.74) is 3.28. The molecule has 1 aromatic heterocycles. The van der Waals surface area contributed by atoms with Gasteiger partial charge in [-0.25, -0.2) is 0 Å². The Labute approximate surface area is 159 Å². The van der Waals surface area contributed by atoms with Gasteiger partial charge in [-0.3, -0.25) is 9.69 Å². The van der Waals surface area contributed by atoms with Crippen molar-refractivity contribution in [3.05, 3.63) is 42.5 Å². The van der Waals surface area contributed by atoms with Gasteiger partial charge < -0.3 is 14.6 Å². The van der Waals surface area contributed by atoms with Gasteiger partial charge in [-0.15, -0.1) is 0 Å². The number of carbonyl (C=O) groups excluding carboxylic acids is 1. The van der Waals surface area contributed by atoms with Crippen molar-refractivity contribution in [2.45, 2.75) is 39.5 Å². The van der Waals surface area contributed by atoms with E-state index in [0.717, 1.165) is 25.3 Å². The van der Waals surface area contributed by atoms with Crippen LogP contribution in [0, 0.1) is 0 Å². The van der Waals surface area contributed by atoms with Crippen LogP contribution in [-0.4, -0.2) is 47.2 Å². The minimum atomic E-state index is 0.0230. The maximum atomic E-state index is 12.6. The Morgan fingerprint density at radius 2 is 1.78 bits per heavy atom. The van der Waals surface area contributed by atoms with E-state index < -0.39 is 0 Å². The van der Waals surface area contributed by atoms with Crippen molar-refractivity contribution >= 4 is 33.4 Å². The first-order chi connectivity index (χ1) is 13.0. The lowest BCUT2D eigenvalue weighted by molar-refractivity contribution is -0.121. The molecule has 1 aliphatic heterocycles. The van der Waals surface area contributed by atoms with Crippen molar-refractivity contribution < 1.29 is 9.53 Å². The summed E-state index contributed by atoms with van der Waals surface area (Å²) in [5, 5.41) is 5.48. The molecule has 27 heavy (non-hydrogen) atoms. The van der Waals surface area contributed by atoms with Crippen LogP contribution in [0.15, 0.2) is 42.5 Å². The van der Waals surface area contributed by atoms with Crippen molar-refractivity contribution in [2.75, 3.05) is 25.0 Å². The van der Waals surface area contributed by atoms with Gasteiger partial charge in [0, 0.05) is 47.1 Å². The van der Waals surface area contributed by atoms with Gasteiger partial charge in [0.15, 0.2) is 0 Å². The summed E-state index contributed by atoms with van der Waals surface area (Å²) in [6.45, 7) is 9.17. The zero-order valence-electron chi connectivity index (χ0n) is 16.2. The minimum Gasteiger partial charge on any atom is -0.373 e. The van der Waals surface area contributed by atoms with Crippen LogP contribution in [-0.2, 0) is 16.1 Å². The van der Waals surface area contributed by atoms with Crippen molar-refractivity contribution in [2.24, 2.45) is 0 Å². The van der Waals surface area contributed by atoms with Crippen molar-refractivity contribution in [3.8, 4) is 0 Å². The maximum Gasteiger partial charge on any atom is 0.238 e. The van der Waals surface area contributed by atoms with Gasteiger partial charge >= 0.3 is 0 Å². The molecule has 0 bridgehead atoms. The zero-order chi connectivity index (χ0) is 19.0. The number of morpholine rings is 1. The van der Waals surface area contributed by atoms with Crippen LogP contribution in [0.3, 0.4) is 0 Å². The predicted molar refractivity (Wildman–Crippen MR) is 110 cm³/mol. The van der Waals surface area contributed by atoms with Crippen molar-refractivity contribution in [1.29, 1.82) is 0 Å². The number of para-hydroxylation sites is 1. The molecule has 2 aromatic carbocycles. The summed E-state index contributed by atoms with van der Waals surface area (Å²) < 4.78 is 8.05. The van der Waals surface area contributed by atoms with Crippen LogP contribution in [0.2, 0.25) is 0 Å². The fraction of sp³-hybridized carbons (Fsp3) is 0.409. The first-order valence-corrected chi connectivity index (χ1v) is 9.73. The van der Waals surface area contributed by atoms with Gasteiger partial charge in [0.25, 0.3) is 0 Å². The Morgan fingerprint density at radius 3 is 2.52 bits per heavy atom. The standard InChI is InChI=1S/C22H27N3O2/c1-4-25-20-8-6-5-7-18(20)19-11-17(9-10-21(19)25)23-22(26)14-24-12-15(2)27-16(3)13-24/h5-11,15-16H,4,12-14H2,1-3H3,(H,23,26)/t15-,16-/m1/s1. The monoisotopic (exact) mass is 365 g/mol. The molecule has 3 aromatic rings. The third-order valence-corrected chi connectivity index (χ3v) is 5.23. The Balaban J connectivity index is 1.56. The second-order valence-electron chi connectivity index (χ2n) is 7.49. The summed E-state index contributed by atoms with van der Waals surface area (Å²) in [6, 6.07) is 14.6. The van der Waals surface area contributed by atoms with Gasteiger partial charge in [-0.2, -0.15) is 0 Å². The molecule has 0 aliphatic carbocycles. The predicted octanol–water partition coefficient (Wildman–Crippen LogP) is 3.86. The fourth-order valence-electron chi connectivity index (χ4n) is 4.29. The van der Waals surface area contributed by atoms with Crippen LogP contribution in [0.5, 0.6) is 0 Å². The van der Waals surface area contributed by atoms with Crippen LogP contribution in [0.4, 0.5) is 5.69 Å². The molecule has 5 nitrogen and oxygen atoms in total. The summed E-state index contributed by atoms with van der Waals surface area (Å²) in [4.78, 5) is 14.7. The van der Waals surface area contributed by atoms with Crippen LogP contribution in [0.1, 0.15) is 20.8 Å². The average molecular weight is 365 g/mol. The number of aryl methyl sites for hydroxylation is 1. The molecular weight excluding hydrogens is 338 g/mol. The van der Waals surface area contributed by atoms with Gasteiger partial charge in [-0.1, -0.05) is 18.2 Å². The van der Waals surface area contributed by atoms with E-state index in [1.54, 1.807) is 0 Å². The third kappa shape index (κ3) is 3.57. The molecule has 0 radical (unpaired) electrons. The smallest absolute Gasteiger partial charge is 0.238 e. The molecule has 5 heteroatoms. The number of rotatable bonds is 4. The molecular formula is C22H27N3O2. The molecule has 0 unspecified atom stereocenters. The summed E-state index contributed by atoms with van der Waals surface area (Å²) >= 11 is 0. The number of nitrogens with zero attached hydrogens (tertiary/aromatic N) is 2. The van der Waals surface area contributed by atoms with Crippen molar-refractivity contribution in [1.82, 2.24) is 9.47 Å². The Morgan fingerprint density at radius 1 is 1.07 bits per heavy atom. The first-order valence-electron chi connectivity index (χ1n) is 9.73. The van der Waals surface area contributed by atoms with Gasteiger partial charge in [0.05, 0.1) is 18.8 Å². The second kappa shape index (κ2) is 7.33. The number of fused-ring (bicyclic) bond motifs is 3. The van der Waals surface area contributed by atoms with Crippen LogP contribution >= 0.6 is 0 Å². The fourth-order valence-corrected chi connectivity index (χ4v) is 4.29. The number of hydrogen-bond acceptors (Lipinski definition) is 3. The molecule has 2 heterocycles. The highest BCUT2D eigenvalue weighted by atomic mass is 16.5. The number of nitrogens with one attached hydrogen (secondary N) is 1. The van der Waals surface area contributed by atoms with E-state index >= 15 is 0 Å². The van der Waals surface area contributed by atoms with E-state index in [1.165, 1.54) is 21.8 Å². The lowest BCUT2D eigenvalue weighted by atomic mass is 10.1. The average Bonchev–Trinajstić information content (AvgIpc) is 2.94. The molecule has 1 saturated heterocycles. The quantitative estimate of drug-likeness (QED) is 0.764. The molecule has 0 saturated carbocycles. The second-order valence-corrected chi connectivity index (χ2v) is 7.49.